The van der Waals surface area contributed by atoms with Gasteiger partial charge in [-0.15, -0.1) is 0 Å². The molecule has 1 atom stereocenters. The average molecular weight is 233 g/mol. The van der Waals surface area contributed by atoms with Gasteiger partial charge in [0.25, 0.3) is 0 Å². The molecule has 1 heterocycles. The second-order valence-electron chi connectivity index (χ2n) is 5.36. The molecule has 1 aliphatic heterocycles. The maximum absolute atomic E-state index is 11.9. The zero-order valence-corrected chi connectivity index (χ0v) is 10.6. The van der Waals surface area contributed by atoms with Gasteiger partial charge in [0.1, 0.15) is 6.10 Å². The van der Waals surface area contributed by atoms with E-state index < -0.39 is 0 Å². The van der Waals surface area contributed by atoms with Crippen LogP contribution in [-0.4, -0.2) is 28.7 Å². The molecule has 0 saturated heterocycles. The first-order chi connectivity index (χ1) is 7.97. The van der Waals surface area contributed by atoms with Crippen LogP contribution in [0.1, 0.15) is 32.8 Å². The van der Waals surface area contributed by atoms with Crippen LogP contribution < -0.4 is 0 Å². The summed E-state index contributed by atoms with van der Waals surface area (Å²) in [6.45, 7) is 6.57. The molecule has 0 N–H and O–H groups in total. The van der Waals surface area contributed by atoms with E-state index in [-0.39, 0.29) is 11.7 Å². The molecule has 1 aromatic rings. The Morgan fingerprint density at radius 3 is 2.47 bits per heavy atom. The van der Waals surface area contributed by atoms with Crippen molar-refractivity contribution in [2.75, 3.05) is 6.54 Å². The Bertz CT molecular complexity index is 418. The lowest BCUT2D eigenvalue weighted by Crippen LogP contribution is -2.32. The lowest BCUT2D eigenvalue weighted by molar-refractivity contribution is -0.448. The molecular formula is C14H19NO2. The number of hydrogen-bond acceptors (Lipinski definition) is 2. The maximum atomic E-state index is 11.9. The Labute approximate surface area is 102 Å². The number of hydroxylamine groups is 1. The van der Waals surface area contributed by atoms with E-state index in [4.69, 9.17) is 4.74 Å². The van der Waals surface area contributed by atoms with Gasteiger partial charge >= 0.3 is 0 Å². The quantitative estimate of drug-likeness (QED) is 0.581. The number of hydrogen-bond donors (Lipinski definition) is 0. The number of nitrogens with zero attached hydrogens (tertiary/aromatic N) is 1. The zero-order valence-electron chi connectivity index (χ0n) is 10.6. The van der Waals surface area contributed by atoms with Crippen LogP contribution in [0.5, 0.6) is 0 Å². The molecule has 92 valence electrons. The predicted octanol–water partition coefficient (Wildman–Crippen LogP) is 2.57. The fraction of sp³-hybridized carbons (Fsp3) is 0.500. The summed E-state index contributed by atoms with van der Waals surface area (Å²) in [5, 5.41) is 11.9. The van der Waals surface area contributed by atoms with Gasteiger partial charge in [0.2, 0.25) is 5.71 Å². The molecule has 0 fully saturated rings. The smallest absolute Gasteiger partial charge is 0.223 e. The fourth-order valence-electron chi connectivity index (χ4n) is 2.13. The third-order valence-corrected chi connectivity index (χ3v) is 2.73. The van der Waals surface area contributed by atoms with Gasteiger partial charge in [-0.3, -0.25) is 0 Å². The highest BCUT2D eigenvalue weighted by Crippen LogP contribution is 2.21. The number of ether oxygens (including phenoxy) is 1. The second-order valence-corrected chi connectivity index (χ2v) is 5.36. The fourth-order valence-corrected chi connectivity index (χ4v) is 2.13. The summed E-state index contributed by atoms with van der Waals surface area (Å²) < 4.78 is 7.02. The van der Waals surface area contributed by atoms with Crippen LogP contribution in [0.2, 0.25) is 0 Å². The van der Waals surface area contributed by atoms with E-state index in [1.54, 1.807) is 0 Å². The Kier molecular flexibility index (Phi) is 3.20. The molecule has 0 aromatic heterocycles. The van der Waals surface area contributed by atoms with Crippen LogP contribution >= 0.6 is 0 Å². The van der Waals surface area contributed by atoms with E-state index >= 15 is 0 Å². The van der Waals surface area contributed by atoms with Gasteiger partial charge in [-0.1, -0.05) is 18.2 Å². The van der Waals surface area contributed by atoms with Gasteiger partial charge in [-0.25, -0.2) is 4.74 Å². The van der Waals surface area contributed by atoms with Crippen molar-refractivity contribution in [1.29, 1.82) is 0 Å². The van der Waals surface area contributed by atoms with E-state index in [1.165, 1.54) is 0 Å². The zero-order chi connectivity index (χ0) is 12.5. The molecule has 17 heavy (non-hydrogen) atoms. The first kappa shape index (κ1) is 12.1. The van der Waals surface area contributed by atoms with Crippen LogP contribution in [-0.2, 0) is 4.74 Å². The van der Waals surface area contributed by atoms with Crippen LogP contribution in [0.25, 0.3) is 0 Å². The topological polar surface area (TPSA) is 35.3 Å². The molecular weight excluding hydrogens is 214 g/mol. The van der Waals surface area contributed by atoms with Gasteiger partial charge in [-0.05, 0) is 32.9 Å². The minimum atomic E-state index is -0.226. The molecule has 0 unspecified atom stereocenters. The molecule has 1 aromatic carbocycles. The van der Waals surface area contributed by atoms with Crippen molar-refractivity contribution in [1.82, 2.24) is 0 Å². The van der Waals surface area contributed by atoms with E-state index in [1.807, 2.05) is 51.1 Å². The summed E-state index contributed by atoms with van der Waals surface area (Å²) >= 11 is 0. The van der Waals surface area contributed by atoms with Crippen molar-refractivity contribution < 1.29 is 9.48 Å². The standard InChI is InChI=1S/C14H19NO2/c1-14(2,3)17-12-9-10-15(16)13(12)11-7-5-4-6-8-11/h4-8,12H,9-10H2,1-3H3/t12-/m0/s1. The van der Waals surface area contributed by atoms with E-state index in [9.17, 15) is 5.21 Å². The predicted molar refractivity (Wildman–Crippen MR) is 68.3 cm³/mol. The van der Waals surface area contributed by atoms with Gasteiger partial charge < -0.3 is 9.94 Å². The molecule has 0 aliphatic carbocycles. The van der Waals surface area contributed by atoms with E-state index in [0.717, 1.165) is 22.4 Å². The molecule has 0 amide bonds. The Balaban J connectivity index is 2.27. The SMILES string of the molecule is CC(C)(C)O[C@H]1CC[N+]([O-])=C1c1ccccc1. The van der Waals surface area contributed by atoms with Crippen LogP contribution in [0.4, 0.5) is 0 Å². The second kappa shape index (κ2) is 4.49. The summed E-state index contributed by atoms with van der Waals surface area (Å²) in [4.78, 5) is 0. The Morgan fingerprint density at radius 1 is 1.24 bits per heavy atom. The minimum absolute atomic E-state index is 0.0881. The third-order valence-electron chi connectivity index (χ3n) is 2.73. The number of benzene rings is 1. The van der Waals surface area contributed by atoms with E-state index in [0.29, 0.717) is 6.54 Å². The molecule has 0 bridgehead atoms. The summed E-state index contributed by atoms with van der Waals surface area (Å²) in [6, 6.07) is 9.77. The van der Waals surface area contributed by atoms with E-state index in [2.05, 4.69) is 0 Å². The summed E-state index contributed by atoms with van der Waals surface area (Å²) in [5.74, 6) is 0. The highest BCUT2D eigenvalue weighted by molar-refractivity contribution is 6.01. The molecule has 0 spiro atoms. The third kappa shape index (κ3) is 2.86. The lowest BCUT2D eigenvalue weighted by atomic mass is 10.0. The lowest BCUT2D eigenvalue weighted by Gasteiger charge is -2.23. The van der Waals surface area contributed by atoms with Crippen molar-refractivity contribution in [3.8, 4) is 0 Å². The van der Waals surface area contributed by atoms with Crippen LogP contribution in [0, 0.1) is 5.21 Å². The van der Waals surface area contributed by atoms with Gasteiger partial charge in [0.15, 0.2) is 6.54 Å². The van der Waals surface area contributed by atoms with Crippen molar-refractivity contribution in [3.63, 3.8) is 0 Å². The monoisotopic (exact) mass is 233 g/mol. The first-order valence-corrected chi connectivity index (χ1v) is 6.02. The average Bonchev–Trinajstić information content (AvgIpc) is 2.58. The molecule has 1 aliphatic rings. The highest BCUT2D eigenvalue weighted by atomic mass is 16.5. The molecule has 3 nitrogen and oxygen atoms in total. The Morgan fingerprint density at radius 2 is 1.88 bits per heavy atom. The summed E-state index contributed by atoms with van der Waals surface area (Å²) in [5.41, 5.74) is 1.50. The molecule has 0 radical (unpaired) electrons. The number of rotatable bonds is 2. The van der Waals surface area contributed by atoms with Gasteiger partial charge in [0.05, 0.1) is 5.60 Å². The maximum Gasteiger partial charge on any atom is 0.223 e. The van der Waals surface area contributed by atoms with Gasteiger partial charge in [0, 0.05) is 12.0 Å². The van der Waals surface area contributed by atoms with Crippen molar-refractivity contribution in [3.05, 3.63) is 41.1 Å². The first-order valence-electron chi connectivity index (χ1n) is 6.02. The minimum Gasteiger partial charge on any atom is -0.624 e. The van der Waals surface area contributed by atoms with Crippen molar-refractivity contribution >= 4 is 5.71 Å². The Hall–Kier alpha value is -1.35. The van der Waals surface area contributed by atoms with Crippen LogP contribution in [0.3, 0.4) is 0 Å². The summed E-state index contributed by atoms with van der Waals surface area (Å²) in [6.07, 6.45) is 0.681. The van der Waals surface area contributed by atoms with Crippen LogP contribution in [0.15, 0.2) is 30.3 Å². The molecule has 2 rings (SSSR count). The summed E-state index contributed by atoms with van der Waals surface area (Å²) in [7, 11) is 0. The van der Waals surface area contributed by atoms with Gasteiger partial charge in [-0.2, -0.15) is 0 Å². The normalized spacial score (nSPS) is 21.0. The molecule has 0 saturated carbocycles. The van der Waals surface area contributed by atoms with Crippen molar-refractivity contribution in [2.24, 2.45) is 0 Å². The van der Waals surface area contributed by atoms with Crippen molar-refractivity contribution in [2.45, 2.75) is 38.9 Å². The largest absolute Gasteiger partial charge is 0.624 e. The highest BCUT2D eigenvalue weighted by Gasteiger charge is 2.35. The molecule has 3 heteroatoms.